The van der Waals surface area contributed by atoms with E-state index in [2.05, 4.69) is 39.5 Å². The molecule has 1 aliphatic rings. The van der Waals surface area contributed by atoms with Gasteiger partial charge in [0.1, 0.15) is 5.82 Å². The molecule has 1 aromatic carbocycles. The van der Waals surface area contributed by atoms with Gasteiger partial charge in [0, 0.05) is 33.2 Å². The molecule has 1 saturated heterocycles. The van der Waals surface area contributed by atoms with Gasteiger partial charge < -0.3 is 14.4 Å². The first-order chi connectivity index (χ1) is 11.5. The molecule has 2 heterocycles. The molecule has 24 heavy (non-hydrogen) atoms. The number of amides is 1. The van der Waals surface area contributed by atoms with E-state index >= 15 is 0 Å². The number of likely N-dealkylation sites (tertiary alicyclic amines) is 1. The van der Waals surface area contributed by atoms with Gasteiger partial charge >= 0.3 is 0 Å². The molecule has 0 unspecified atom stereocenters. The topological polar surface area (TPSA) is 44.6 Å². The van der Waals surface area contributed by atoms with Crippen molar-refractivity contribution in [2.45, 2.75) is 19.0 Å². The summed E-state index contributed by atoms with van der Waals surface area (Å²) in [6.07, 6.45) is 1.13. The van der Waals surface area contributed by atoms with Crippen LogP contribution in [0.4, 0.5) is 0 Å². The molecular formula is C18H27N5O. The largest absolute Gasteiger partial charge is 0.337 e. The van der Waals surface area contributed by atoms with Crippen molar-refractivity contribution in [1.82, 2.24) is 24.3 Å². The molecule has 1 fully saturated rings. The van der Waals surface area contributed by atoms with Crippen LogP contribution in [0.5, 0.6) is 0 Å². The molecule has 2 aromatic rings. The number of hydrogen-bond donors (Lipinski definition) is 0. The average Bonchev–Trinajstić information content (AvgIpc) is 3.13. The number of fused-ring (bicyclic) bond motifs is 1. The third kappa shape index (κ3) is 3.44. The first-order valence-corrected chi connectivity index (χ1v) is 8.49. The van der Waals surface area contributed by atoms with Gasteiger partial charge in [0.25, 0.3) is 0 Å². The van der Waals surface area contributed by atoms with E-state index in [-0.39, 0.29) is 5.91 Å². The Bertz CT molecular complexity index is 723. The number of carbonyl (C=O) groups excluding carboxylic acids is 1. The van der Waals surface area contributed by atoms with E-state index in [1.54, 1.807) is 4.90 Å². The van der Waals surface area contributed by atoms with Crippen molar-refractivity contribution >= 4 is 16.9 Å². The molecule has 0 bridgehead atoms. The maximum Gasteiger partial charge on any atom is 0.236 e. The second-order valence-electron chi connectivity index (χ2n) is 6.97. The Labute approximate surface area is 143 Å². The summed E-state index contributed by atoms with van der Waals surface area (Å²) in [5.41, 5.74) is 2.07. The van der Waals surface area contributed by atoms with Crippen LogP contribution < -0.4 is 0 Å². The normalized spacial score (nSPS) is 18.6. The predicted octanol–water partition coefficient (Wildman–Crippen LogP) is 1.17. The molecule has 6 heteroatoms. The summed E-state index contributed by atoms with van der Waals surface area (Å²) in [7, 11) is 8.08. The molecule has 130 valence electrons. The highest BCUT2D eigenvalue weighted by Crippen LogP contribution is 2.16. The number of rotatable bonds is 5. The van der Waals surface area contributed by atoms with Gasteiger partial charge in [-0.05, 0) is 32.6 Å². The minimum Gasteiger partial charge on any atom is -0.337 e. The van der Waals surface area contributed by atoms with Crippen LogP contribution in [0, 0.1) is 0 Å². The molecule has 0 spiro atoms. The minimum absolute atomic E-state index is 0.154. The third-order valence-electron chi connectivity index (χ3n) is 5.02. The summed E-state index contributed by atoms with van der Waals surface area (Å²) in [5.74, 6) is 1.07. The molecule has 3 rings (SSSR count). The molecule has 6 nitrogen and oxygen atoms in total. The number of likely N-dealkylation sites (N-methyl/N-ethyl adjacent to an activating group) is 2. The predicted molar refractivity (Wildman–Crippen MR) is 95.7 cm³/mol. The summed E-state index contributed by atoms with van der Waals surface area (Å²) in [6.45, 7) is 2.99. The third-order valence-corrected chi connectivity index (χ3v) is 5.02. The van der Waals surface area contributed by atoms with Gasteiger partial charge in [0.2, 0.25) is 5.91 Å². The Morgan fingerprint density at radius 3 is 2.71 bits per heavy atom. The van der Waals surface area contributed by atoms with Crippen molar-refractivity contribution in [3.8, 4) is 0 Å². The number of carbonyl (C=O) groups is 1. The monoisotopic (exact) mass is 329 g/mol. The van der Waals surface area contributed by atoms with E-state index in [4.69, 9.17) is 0 Å². The number of aromatic nitrogens is 2. The quantitative estimate of drug-likeness (QED) is 0.826. The number of para-hydroxylation sites is 2. The lowest BCUT2D eigenvalue weighted by molar-refractivity contribution is -0.131. The molecule has 1 aliphatic heterocycles. The fraction of sp³-hybridized carbons (Fsp3) is 0.556. The second kappa shape index (κ2) is 6.91. The number of benzene rings is 1. The number of hydrogen-bond acceptors (Lipinski definition) is 4. The lowest BCUT2D eigenvalue weighted by Crippen LogP contribution is -2.39. The first-order valence-electron chi connectivity index (χ1n) is 8.49. The molecule has 0 N–H and O–H groups in total. The zero-order valence-corrected chi connectivity index (χ0v) is 15.1. The lowest BCUT2D eigenvalue weighted by atomic mass is 10.2. The second-order valence-corrected chi connectivity index (χ2v) is 6.97. The van der Waals surface area contributed by atoms with E-state index in [1.807, 2.05) is 32.3 Å². The number of imidazole rings is 1. The highest BCUT2D eigenvalue weighted by molar-refractivity contribution is 5.78. The van der Waals surface area contributed by atoms with Crippen LogP contribution >= 0.6 is 0 Å². The molecule has 1 atom stereocenters. The highest BCUT2D eigenvalue weighted by Gasteiger charge is 2.26. The lowest BCUT2D eigenvalue weighted by Gasteiger charge is -2.23. The smallest absolute Gasteiger partial charge is 0.236 e. The van der Waals surface area contributed by atoms with E-state index in [9.17, 15) is 4.79 Å². The summed E-state index contributed by atoms with van der Waals surface area (Å²) in [4.78, 5) is 23.5. The molecule has 0 radical (unpaired) electrons. The zero-order valence-electron chi connectivity index (χ0n) is 15.1. The Morgan fingerprint density at radius 1 is 1.29 bits per heavy atom. The van der Waals surface area contributed by atoms with Crippen LogP contribution in [0.25, 0.3) is 11.0 Å². The molecule has 0 aliphatic carbocycles. The average molecular weight is 329 g/mol. The molecule has 1 amide bonds. The Balaban J connectivity index is 1.61. The standard InChI is InChI=1S/C18H27N5O/c1-20(2)14-9-10-23(11-14)13-18(24)21(3)12-17-19-15-7-5-6-8-16(15)22(17)4/h5-8,14H,9-13H2,1-4H3/t14-/m1/s1. The van der Waals surface area contributed by atoms with Gasteiger partial charge in [-0.1, -0.05) is 12.1 Å². The SMILES string of the molecule is CN(Cc1nc2ccccc2n1C)C(=O)CN1CC[C@@H](N(C)C)C1. The summed E-state index contributed by atoms with van der Waals surface area (Å²) >= 11 is 0. The van der Waals surface area contributed by atoms with Crippen LogP contribution in [0.15, 0.2) is 24.3 Å². The van der Waals surface area contributed by atoms with Crippen molar-refractivity contribution in [1.29, 1.82) is 0 Å². The fourth-order valence-electron chi connectivity index (χ4n) is 3.33. The van der Waals surface area contributed by atoms with Crippen LogP contribution in [-0.2, 0) is 18.4 Å². The van der Waals surface area contributed by atoms with Gasteiger partial charge in [-0.25, -0.2) is 4.98 Å². The Hall–Kier alpha value is -1.92. The Morgan fingerprint density at radius 2 is 2.04 bits per heavy atom. The van der Waals surface area contributed by atoms with Gasteiger partial charge in [-0.2, -0.15) is 0 Å². The first kappa shape index (κ1) is 16.9. The maximum atomic E-state index is 12.5. The summed E-state index contributed by atoms with van der Waals surface area (Å²) in [5, 5.41) is 0. The Kier molecular flexibility index (Phi) is 4.87. The molecule has 0 saturated carbocycles. The van der Waals surface area contributed by atoms with E-state index in [0.29, 0.717) is 19.1 Å². The van der Waals surface area contributed by atoms with E-state index < -0.39 is 0 Å². The zero-order chi connectivity index (χ0) is 17.3. The van der Waals surface area contributed by atoms with Crippen molar-refractivity contribution in [2.75, 3.05) is 40.8 Å². The van der Waals surface area contributed by atoms with Crippen molar-refractivity contribution in [3.63, 3.8) is 0 Å². The van der Waals surface area contributed by atoms with Gasteiger partial charge in [0.05, 0.1) is 24.1 Å². The molecular weight excluding hydrogens is 302 g/mol. The van der Waals surface area contributed by atoms with Crippen LogP contribution in [0.2, 0.25) is 0 Å². The molecule has 1 aromatic heterocycles. The minimum atomic E-state index is 0.154. The van der Waals surface area contributed by atoms with Crippen LogP contribution in [0.1, 0.15) is 12.2 Å². The van der Waals surface area contributed by atoms with Crippen molar-refractivity contribution in [3.05, 3.63) is 30.1 Å². The fourth-order valence-corrected chi connectivity index (χ4v) is 3.33. The van der Waals surface area contributed by atoms with Crippen molar-refractivity contribution in [2.24, 2.45) is 7.05 Å². The van der Waals surface area contributed by atoms with Gasteiger partial charge in [-0.3, -0.25) is 9.69 Å². The maximum absolute atomic E-state index is 12.5. The van der Waals surface area contributed by atoms with E-state index in [1.165, 1.54) is 0 Å². The van der Waals surface area contributed by atoms with Crippen LogP contribution in [-0.4, -0.2) is 77.0 Å². The summed E-state index contributed by atoms with van der Waals surface area (Å²) < 4.78 is 2.07. The van der Waals surface area contributed by atoms with Gasteiger partial charge in [-0.15, -0.1) is 0 Å². The highest BCUT2D eigenvalue weighted by atomic mass is 16.2. The van der Waals surface area contributed by atoms with E-state index in [0.717, 1.165) is 36.4 Å². The van der Waals surface area contributed by atoms with Crippen LogP contribution in [0.3, 0.4) is 0 Å². The van der Waals surface area contributed by atoms with Gasteiger partial charge in [0.15, 0.2) is 0 Å². The van der Waals surface area contributed by atoms with Crippen molar-refractivity contribution < 1.29 is 4.79 Å². The summed E-state index contributed by atoms with van der Waals surface area (Å²) in [6, 6.07) is 8.62. The number of nitrogens with zero attached hydrogens (tertiary/aromatic N) is 5. The number of aryl methyl sites for hydroxylation is 1.